The van der Waals surface area contributed by atoms with Crippen molar-refractivity contribution in [1.82, 2.24) is 14.7 Å². The molecule has 0 aliphatic carbocycles. The third kappa shape index (κ3) is 3.92. The molecule has 1 amide bonds. The fraction of sp³-hybridized carbons (Fsp3) is 0.158. The van der Waals surface area contributed by atoms with Crippen molar-refractivity contribution in [2.45, 2.75) is 12.6 Å². The minimum atomic E-state index is -1.32. The molecule has 0 radical (unpaired) electrons. The summed E-state index contributed by atoms with van der Waals surface area (Å²) >= 11 is 0. The third-order valence-electron chi connectivity index (χ3n) is 3.90. The molecule has 128 valence electrons. The summed E-state index contributed by atoms with van der Waals surface area (Å²) in [4.78, 5) is 13.9. The van der Waals surface area contributed by atoms with Crippen LogP contribution in [0.3, 0.4) is 0 Å². The van der Waals surface area contributed by atoms with Gasteiger partial charge in [-0.2, -0.15) is 5.10 Å². The lowest BCUT2D eigenvalue weighted by Crippen LogP contribution is -2.31. The summed E-state index contributed by atoms with van der Waals surface area (Å²) in [5, 5.41) is 14.4. The van der Waals surface area contributed by atoms with Crippen LogP contribution in [-0.2, 0) is 11.3 Å². The van der Waals surface area contributed by atoms with E-state index in [1.807, 2.05) is 36.5 Å². The Hall–Kier alpha value is -2.99. The van der Waals surface area contributed by atoms with E-state index in [1.165, 1.54) is 29.2 Å². The molecule has 0 saturated carbocycles. The van der Waals surface area contributed by atoms with Gasteiger partial charge in [-0.15, -0.1) is 0 Å². The summed E-state index contributed by atoms with van der Waals surface area (Å²) in [5.74, 6) is -0.858. The quantitative estimate of drug-likeness (QED) is 0.777. The van der Waals surface area contributed by atoms with Crippen molar-refractivity contribution in [2.75, 3.05) is 7.05 Å². The molecule has 0 fully saturated rings. The highest BCUT2D eigenvalue weighted by Gasteiger charge is 2.21. The Bertz CT molecular complexity index is 847. The van der Waals surface area contributed by atoms with Gasteiger partial charge in [0.15, 0.2) is 6.10 Å². The van der Waals surface area contributed by atoms with Gasteiger partial charge in [-0.1, -0.05) is 24.3 Å². The summed E-state index contributed by atoms with van der Waals surface area (Å²) in [6.45, 7) is 0.339. The maximum absolute atomic E-state index is 13.0. The molecule has 0 aliphatic heterocycles. The number of carbonyl (C=O) groups is 1. The molecule has 1 heterocycles. The zero-order valence-corrected chi connectivity index (χ0v) is 13.7. The van der Waals surface area contributed by atoms with Crippen LogP contribution in [0.5, 0.6) is 0 Å². The zero-order valence-electron chi connectivity index (χ0n) is 13.7. The molecule has 0 bridgehead atoms. The lowest BCUT2D eigenvalue weighted by Gasteiger charge is -2.21. The van der Waals surface area contributed by atoms with Crippen LogP contribution in [0.2, 0.25) is 0 Å². The van der Waals surface area contributed by atoms with Crippen LogP contribution in [0.15, 0.2) is 67.0 Å². The Morgan fingerprint density at radius 2 is 2.00 bits per heavy atom. The van der Waals surface area contributed by atoms with Gasteiger partial charge in [0.05, 0.1) is 5.69 Å². The monoisotopic (exact) mass is 339 g/mol. The van der Waals surface area contributed by atoms with Gasteiger partial charge in [0, 0.05) is 26.0 Å². The third-order valence-corrected chi connectivity index (χ3v) is 3.90. The molecule has 0 aliphatic rings. The topological polar surface area (TPSA) is 58.4 Å². The Morgan fingerprint density at radius 1 is 1.24 bits per heavy atom. The van der Waals surface area contributed by atoms with E-state index in [2.05, 4.69) is 5.10 Å². The molecule has 3 rings (SSSR count). The van der Waals surface area contributed by atoms with E-state index >= 15 is 0 Å². The molecule has 1 aromatic heterocycles. The summed E-state index contributed by atoms with van der Waals surface area (Å²) in [6, 6.07) is 14.7. The van der Waals surface area contributed by atoms with Crippen LogP contribution < -0.4 is 0 Å². The van der Waals surface area contributed by atoms with E-state index in [9.17, 15) is 14.3 Å². The van der Waals surface area contributed by atoms with Crippen molar-refractivity contribution in [2.24, 2.45) is 0 Å². The molecular weight excluding hydrogens is 321 g/mol. The van der Waals surface area contributed by atoms with Gasteiger partial charge in [0.1, 0.15) is 5.82 Å². The Morgan fingerprint density at radius 3 is 2.68 bits per heavy atom. The Balaban J connectivity index is 1.71. The van der Waals surface area contributed by atoms with Gasteiger partial charge in [0.2, 0.25) is 0 Å². The predicted molar refractivity (Wildman–Crippen MR) is 91.4 cm³/mol. The van der Waals surface area contributed by atoms with Crippen LogP contribution >= 0.6 is 0 Å². The molecular formula is C19H18FN3O2. The predicted octanol–water partition coefficient (Wildman–Crippen LogP) is 2.70. The number of amides is 1. The van der Waals surface area contributed by atoms with Gasteiger partial charge in [-0.25, -0.2) is 9.07 Å². The second-order valence-electron chi connectivity index (χ2n) is 5.77. The van der Waals surface area contributed by atoms with E-state index in [0.717, 1.165) is 11.3 Å². The molecule has 2 aromatic carbocycles. The number of likely N-dealkylation sites (N-methyl/N-ethyl adjacent to an activating group) is 1. The van der Waals surface area contributed by atoms with Gasteiger partial charge >= 0.3 is 0 Å². The molecule has 1 N–H and O–H groups in total. The van der Waals surface area contributed by atoms with Crippen molar-refractivity contribution in [3.63, 3.8) is 0 Å². The number of aliphatic hydroxyl groups is 1. The fourth-order valence-electron chi connectivity index (χ4n) is 2.57. The standard InChI is InChI=1S/C19H18FN3O2/c1-22(19(25)18(24)15-6-8-16(20)9-7-15)13-14-4-2-5-17(12-14)23-11-3-10-21-23/h2-12,18,24H,13H2,1H3. The first-order valence-corrected chi connectivity index (χ1v) is 7.82. The van der Waals surface area contributed by atoms with Crippen LogP contribution in [-0.4, -0.2) is 32.7 Å². The van der Waals surface area contributed by atoms with Crippen molar-refractivity contribution in [3.05, 3.63) is 83.9 Å². The SMILES string of the molecule is CN(Cc1cccc(-n2cccn2)c1)C(=O)C(O)c1ccc(F)cc1. The molecule has 5 nitrogen and oxygen atoms in total. The highest BCUT2D eigenvalue weighted by Crippen LogP contribution is 2.18. The number of benzene rings is 2. The Labute approximate surface area is 144 Å². The number of hydrogen-bond acceptors (Lipinski definition) is 3. The molecule has 6 heteroatoms. The largest absolute Gasteiger partial charge is 0.378 e. The highest BCUT2D eigenvalue weighted by molar-refractivity contribution is 5.81. The second kappa shape index (κ2) is 7.27. The average molecular weight is 339 g/mol. The molecule has 0 saturated heterocycles. The second-order valence-corrected chi connectivity index (χ2v) is 5.77. The first-order valence-electron chi connectivity index (χ1n) is 7.82. The van der Waals surface area contributed by atoms with E-state index < -0.39 is 17.8 Å². The van der Waals surface area contributed by atoms with Gasteiger partial charge < -0.3 is 10.0 Å². The molecule has 0 spiro atoms. The normalized spacial score (nSPS) is 12.0. The van der Waals surface area contributed by atoms with E-state index in [-0.39, 0.29) is 0 Å². The molecule has 25 heavy (non-hydrogen) atoms. The van der Waals surface area contributed by atoms with E-state index in [0.29, 0.717) is 12.1 Å². The smallest absolute Gasteiger partial charge is 0.256 e. The van der Waals surface area contributed by atoms with E-state index in [4.69, 9.17) is 0 Å². The number of hydrogen-bond donors (Lipinski definition) is 1. The molecule has 1 atom stereocenters. The average Bonchev–Trinajstić information content (AvgIpc) is 3.16. The van der Waals surface area contributed by atoms with Crippen molar-refractivity contribution < 1.29 is 14.3 Å². The maximum Gasteiger partial charge on any atom is 0.256 e. The summed E-state index contributed by atoms with van der Waals surface area (Å²) in [6.07, 6.45) is 2.22. The minimum absolute atomic E-state index is 0.339. The number of carbonyl (C=O) groups excluding carboxylic acids is 1. The molecule has 3 aromatic rings. The van der Waals surface area contributed by atoms with Crippen molar-refractivity contribution >= 4 is 5.91 Å². The number of aliphatic hydroxyl groups excluding tert-OH is 1. The minimum Gasteiger partial charge on any atom is -0.378 e. The van der Waals surface area contributed by atoms with Crippen LogP contribution in [0, 0.1) is 5.82 Å². The van der Waals surface area contributed by atoms with Crippen LogP contribution in [0.1, 0.15) is 17.2 Å². The van der Waals surface area contributed by atoms with Gasteiger partial charge in [-0.3, -0.25) is 4.79 Å². The zero-order chi connectivity index (χ0) is 17.8. The fourth-order valence-corrected chi connectivity index (χ4v) is 2.57. The number of aromatic nitrogens is 2. The maximum atomic E-state index is 13.0. The van der Waals surface area contributed by atoms with Crippen molar-refractivity contribution in [3.8, 4) is 5.69 Å². The van der Waals surface area contributed by atoms with Gasteiger partial charge in [-0.05, 0) is 41.5 Å². The van der Waals surface area contributed by atoms with Crippen molar-refractivity contribution in [1.29, 1.82) is 0 Å². The van der Waals surface area contributed by atoms with E-state index in [1.54, 1.807) is 17.9 Å². The summed E-state index contributed by atoms with van der Waals surface area (Å²) < 4.78 is 14.7. The lowest BCUT2D eigenvalue weighted by atomic mass is 10.1. The number of rotatable bonds is 5. The van der Waals surface area contributed by atoms with Crippen LogP contribution in [0.4, 0.5) is 4.39 Å². The first kappa shape index (κ1) is 16.9. The molecule has 1 unspecified atom stereocenters. The van der Waals surface area contributed by atoms with Crippen LogP contribution in [0.25, 0.3) is 5.69 Å². The first-order chi connectivity index (χ1) is 12.0. The number of halogens is 1. The Kier molecular flexibility index (Phi) is 4.90. The summed E-state index contributed by atoms with van der Waals surface area (Å²) in [5.41, 5.74) is 2.17. The van der Waals surface area contributed by atoms with Gasteiger partial charge in [0.25, 0.3) is 5.91 Å². The lowest BCUT2D eigenvalue weighted by molar-refractivity contribution is -0.139. The highest BCUT2D eigenvalue weighted by atomic mass is 19.1. The number of nitrogens with zero attached hydrogens (tertiary/aromatic N) is 3. The summed E-state index contributed by atoms with van der Waals surface area (Å²) in [7, 11) is 1.62.